The summed E-state index contributed by atoms with van der Waals surface area (Å²) in [5, 5.41) is 3.76. The summed E-state index contributed by atoms with van der Waals surface area (Å²) in [5.41, 5.74) is 2.06. The molecule has 1 aromatic rings. The molecule has 88 valence electrons. The van der Waals surface area contributed by atoms with Crippen molar-refractivity contribution in [2.45, 2.75) is 45.6 Å². The van der Waals surface area contributed by atoms with Crippen molar-refractivity contribution in [1.82, 2.24) is 5.32 Å². The third-order valence-corrected chi connectivity index (χ3v) is 4.03. The number of hydrogen-bond acceptors (Lipinski definition) is 1. The summed E-state index contributed by atoms with van der Waals surface area (Å²) < 4.78 is 0. The maximum Gasteiger partial charge on any atom is 0.0270 e. The maximum absolute atomic E-state index is 3.76. The van der Waals surface area contributed by atoms with Gasteiger partial charge in [0.25, 0.3) is 0 Å². The minimum absolute atomic E-state index is 0.286. The van der Waals surface area contributed by atoms with E-state index >= 15 is 0 Å². The summed E-state index contributed by atoms with van der Waals surface area (Å²) in [4.78, 5) is 0. The lowest BCUT2D eigenvalue weighted by molar-refractivity contribution is 0.159. The molecule has 1 saturated heterocycles. The molecule has 0 amide bonds. The van der Waals surface area contributed by atoms with Gasteiger partial charge in [-0.1, -0.05) is 51.1 Å². The maximum atomic E-state index is 3.76. The lowest BCUT2D eigenvalue weighted by atomic mass is 9.69. The Morgan fingerprint density at radius 3 is 2.38 bits per heavy atom. The summed E-state index contributed by atoms with van der Waals surface area (Å²) in [6, 6.07) is 10.9. The highest BCUT2D eigenvalue weighted by Gasteiger charge is 2.43. The smallest absolute Gasteiger partial charge is 0.0270 e. The first-order chi connectivity index (χ1) is 7.54. The Hall–Kier alpha value is -0.820. The fourth-order valence-corrected chi connectivity index (χ4v) is 2.81. The van der Waals surface area contributed by atoms with Gasteiger partial charge in [-0.05, 0) is 36.8 Å². The van der Waals surface area contributed by atoms with Crippen molar-refractivity contribution in [3.63, 3.8) is 0 Å². The van der Waals surface area contributed by atoms with E-state index < -0.39 is 0 Å². The molecule has 1 aliphatic rings. The zero-order chi connectivity index (χ0) is 11.6. The fourth-order valence-electron chi connectivity index (χ4n) is 2.81. The molecule has 0 aliphatic carbocycles. The van der Waals surface area contributed by atoms with E-state index in [1.165, 1.54) is 24.9 Å². The summed E-state index contributed by atoms with van der Waals surface area (Å²) in [7, 11) is 0. The molecule has 1 heterocycles. The Kier molecular flexibility index (Phi) is 3.07. The summed E-state index contributed by atoms with van der Waals surface area (Å²) in [5.74, 6) is 0. The highest BCUT2D eigenvalue weighted by molar-refractivity contribution is 5.20. The molecule has 1 N–H and O–H groups in total. The van der Waals surface area contributed by atoms with Crippen LogP contribution < -0.4 is 5.32 Å². The third kappa shape index (κ3) is 2.15. The van der Waals surface area contributed by atoms with Crippen LogP contribution in [0.1, 0.15) is 39.2 Å². The number of nitrogens with one attached hydrogen (secondary N) is 1. The van der Waals surface area contributed by atoms with Gasteiger partial charge in [0, 0.05) is 5.54 Å². The molecule has 0 radical (unpaired) electrons. The van der Waals surface area contributed by atoms with Crippen molar-refractivity contribution in [3.05, 3.63) is 35.9 Å². The summed E-state index contributed by atoms with van der Waals surface area (Å²) >= 11 is 0. The second-order valence-electron chi connectivity index (χ2n) is 6.02. The van der Waals surface area contributed by atoms with Crippen molar-refractivity contribution in [2.24, 2.45) is 5.41 Å². The van der Waals surface area contributed by atoms with Gasteiger partial charge in [-0.2, -0.15) is 0 Å². The molecular weight excluding hydrogens is 194 g/mol. The first kappa shape index (κ1) is 11.7. The van der Waals surface area contributed by atoms with Crippen LogP contribution in [-0.2, 0) is 6.42 Å². The number of rotatable bonds is 2. The zero-order valence-corrected chi connectivity index (χ0v) is 10.7. The van der Waals surface area contributed by atoms with Crippen LogP contribution >= 0.6 is 0 Å². The van der Waals surface area contributed by atoms with Gasteiger partial charge >= 0.3 is 0 Å². The first-order valence-corrected chi connectivity index (χ1v) is 6.32. The van der Waals surface area contributed by atoms with Crippen LogP contribution in [0.4, 0.5) is 0 Å². The number of benzene rings is 1. The van der Waals surface area contributed by atoms with Gasteiger partial charge in [-0.15, -0.1) is 0 Å². The van der Waals surface area contributed by atoms with E-state index in [1.807, 2.05) is 0 Å². The van der Waals surface area contributed by atoms with E-state index in [4.69, 9.17) is 0 Å². The molecule has 1 atom stereocenters. The normalized spacial score (nSPS) is 25.9. The van der Waals surface area contributed by atoms with E-state index in [1.54, 1.807) is 0 Å². The van der Waals surface area contributed by atoms with Crippen LogP contribution in [0.2, 0.25) is 0 Å². The van der Waals surface area contributed by atoms with Crippen LogP contribution in [0.3, 0.4) is 0 Å². The lowest BCUT2D eigenvalue weighted by Gasteiger charge is -2.42. The van der Waals surface area contributed by atoms with E-state index in [0.29, 0.717) is 5.41 Å². The van der Waals surface area contributed by atoms with Crippen LogP contribution in [-0.4, -0.2) is 12.1 Å². The minimum atomic E-state index is 0.286. The Morgan fingerprint density at radius 2 is 1.88 bits per heavy atom. The molecule has 0 spiro atoms. The Morgan fingerprint density at radius 1 is 1.19 bits per heavy atom. The van der Waals surface area contributed by atoms with E-state index in [2.05, 4.69) is 56.4 Å². The molecule has 1 fully saturated rings. The molecule has 2 rings (SSSR count). The van der Waals surface area contributed by atoms with E-state index in [-0.39, 0.29) is 5.54 Å². The zero-order valence-electron chi connectivity index (χ0n) is 10.7. The van der Waals surface area contributed by atoms with Crippen molar-refractivity contribution in [2.75, 3.05) is 6.54 Å². The molecule has 1 aliphatic heterocycles. The lowest BCUT2D eigenvalue weighted by Crippen LogP contribution is -2.52. The third-order valence-electron chi connectivity index (χ3n) is 4.03. The highest BCUT2D eigenvalue weighted by atomic mass is 15.0. The number of hydrogen-bond donors (Lipinski definition) is 1. The largest absolute Gasteiger partial charge is 0.310 e. The topological polar surface area (TPSA) is 12.0 Å². The minimum Gasteiger partial charge on any atom is -0.310 e. The van der Waals surface area contributed by atoms with Gasteiger partial charge in [-0.25, -0.2) is 0 Å². The Labute approximate surface area is 99.3 Å². The molecule has 0 bridgehead atoms. The molecule has 0 unspecified atom stereocenters. The molecule has 0 saturated carbocycles. The second-order valence-corrected chi connectivity index (χ2v) is 6.02. The molecule has 0 aromatic heterocycles. The predicted molar refractivity (Wildman–Crippen MR) is 69.6 cm³/mol. The quantitative estimate of drug-likeness (QED) is 0.800. The van der Waals surface area contributed by atoms with E-state index in [0.717, 1.165) is 6.42 Å². The van der Waals surface area contributed by atoms with Crippen molar-refractivity contribution < 1.29 is 0 Å². The summed E-state index contributed by atoms with van der Waals surface area (Å²) in [6.07, 6.45) is 3.76. The van der Waals surface area contributed by atoms with Gasteiger partial charge in [0.15, 0.2) is 0 Å². The van der Waals surface area contributed by atoms with Crippen molar-refractivity contribution >= 4 is 0 Å². The highest BCUT2D eigenvalue weighted by Crippen LogP contribution is 2.39. The van der Waals surface area contributed by atoms with Crippen molar-refractivity contribution in [1.29, 1.82) is 0 Å². The van der Waals surface area contributed by atoms with E-state index in [9.17, 15) is 0 Å². The average molecular weight is 217 g/mol. The predicted octanol–water partition coefficient (Wildman–Crippen LogP) is 3.40. The van der Waals surface area contributed by atoms with Gasteiger partial charge in [-0.3, -0.25) is 0 Å². The molecular formula is C15H23N. The van der Waals surface area contributed by atoms with Gasteiger partial charge in [0.2, 0.25) is 0 Å². The molecule has 16 heavy (non-hydrogen) atoms. The van der Waals surface area contributed by atoms with Crippen LogP contribution in [0.5, 0.6) is 0 Å². The molecule has 1 heteroatoms. The SMILES string of the molecule is CC(C)(C)[C@]1(Cc2ccccc2)CCCN1. The fraction of sp³-hybridized carbons (Fsp3) is 0.600. The first-order valence-electron chi connectivity index (χ1n) is 6.32. The van der Waals surface area contributed by atoms with Crippen LogP contribution in [0.25, 0.3) is 0 Å². The monoisotopic (exact) mass is 217 g/mol. The molecule has 1 nitrogen and oxygen atoms in total. The van der Waals surface area contributed by atoms with Gasteiger partial charge in [0.1, 0.15) is 0 Å². The Balaban J connectivity index is 2.22. The Bertz CT molecular complexity index is 328. The standard InChI is InChI=1S/C15H23N/c1-14(2,3)15(10-7-11-16-15)12-13-8-5-4-6-9-13/h4-6,8-9,16H,7,10-12H2,1-3H3/t15-/m1/s1. The average Bonchev–Trinajstić information content (AvgIpc) is 2.68. The van der Waals surface area contributed by atoms with Crippen LogP contribution in [0, 0.1) is 5.41 Å². The van der Waals surface area contributed by atoms with Crippen LogP contribution in [0.15, 0.2) is 30.3 Å². The summed E-state index contributed by atoms with van der Waals surface area (Å²) in [6.45, 7) is 8.24. The second kappa shape index (κ2) is 4.21. The van der Waals surface area contributed by atoms with Crippen molar-refractivity contribution in [3.8, 4) is 0 Å². The molecule has 1 aromatic carbocycles. The van der Waals surface area contributed by atoms with Gasteiger partial charge < -0.3 is 5.32 Å². The van der Waals surface area contributed by atoms with Gasteiger partial charge in [0.05, 0.1) is 0 Å².